The number of amides is 2. The molecule has 2 amide bonds. The monoisotopic (exact) mass is 438 g/mol. The second kappa shape index (κ2) is 10.5. The first-order valence-corrected chi connectivity index (χ1v) is 10.1. The highest BCUT2D eigenvalue weighted by atomic mass is 35.5. The maximum Gasteiger partial charge on any atom is 0.262 e. The highest BCUT2D eigenvalue weighted by Crippen LogP contribution is 2.24. The number of benzene rings is 3. The van der Waals surface area contributed by atoms with Crippen LogP contribution in [0.3, 0.4) is 0 Å². The Bertz CT molecular complexity index is 1070. The second-order valence-electron chi connectivity index (χ2n) is 6.68. The van der Waals surface area contributed by atoms with Crippen molar-refractivity contribution in [1.29, 1.82) is 0 Å². The van der Waals surface area contributed by atoms with Gasteiger partial charge in [0.15, 0.2) is 6.61 Å². The molecule has 0 unspecified atom stereocenters. The molecule has 0 heterocycles. The molecule has 3 rings (SSSR count). The van der Waals surface area contributed by atoms with Gasteiger partial charge in [-0.3, -0.25) is 9.59 Å². The number of carbonyl (C=O) groups excluding carboxylic acids is 2. The molecule has 160 valence electrons. The van der Waals surface area contributed by atoms with Crippen molar-refractivity contribution in [3.8, 4) is 11.5 Å². The Morgan fingerprint density at radius 3 is 2.42 bits per heavy atom. The highest BCUT2D eigenvalue weighted by Gasteiger charge is 2.10. The van der Waals surface area contributed by atoms with E-state index in [-0.39, 0.29) is 18.4 Å². The lowest BCUT2D eigenvalue weighted by atomic mass is 10.1. The third kappa shape index (κ3) is 5.99. The van der Waals surface area contributed by atoms with Gasteiger partial charge in [0, 0.05) is 16.3 Å². The van der Waals surface area contributed by atoms with Gasteiger partial charge in [-0.25, -0.2) is 0 Å². The lowest BCUT2D eigenvalue weighted by Crippen LogP contribution is -2.20. The Morgan fingerprint density at radius 1 is 0.968 bits per heavy atom. The fourth-order valence-electron chi connectivity index (χ4n) is 2.91. The van der Waals surface area contributed by atoms with Gasteiger partial charge in [0.2, 0.25) is 0 Å². The third-order valence-electron chi connectivity index (χ3n) is 4.55. The summed E-state index contributed by atoms with van der Waals surface area (Å²) in [4.78, 5) is 24.7. The van der Waals surface area contributed by atoms with E-state index in [4.69, 9.17) is 21.1 Å². The van der Waals surface area contributed by atoms with Gasteiger partial charge in [-0.15, -0.1) is 0 Å². The van der Waals surface area contributed by atoms with Gasteiger partial charge in [-0.2, -0.15) is 0 Å². The Labute approximate surface area is 186 Å². The van der Waals surface area contributed by atoms with Gasteiger partial charge >= 0.3 is 0 Å². The van der Waals surface area contributed by atoms with Crippen molar-refractivity contribution < 1.29 is 19.1 Å². The zero-order valence-corrected chi connectivity index (χ0v) is 18.0. The van der Waals surface area contributed by atoms with Crippen LogP contribution >= 0.6 is 11.6 Å². The Kier molecular flexibility index (Phi) is 7.51. The zero-order chi connectivity index (χ0) is 22.2. The summed E-state index contributed by atoms with van der Waals surface area (Å²) in [5.74, 6) is 0.575. The fourth-order valence-corrected chi connectivity index (χ4v) is 3.16. The number of hydrogen-bond donors (Lipinski definition) is 2. The smallest absolute Gasteiger partial charge is 0.262 e. The molecule has 3 aromatic carbocycles. The molecular formula is C24H23ClN2O4. The summed E-state index contributed by atoms with van der Waals surface area (Å²) in [6.45, 7) is 1.86. The van der Waals surface area contributed by atoms with E-state index in [0.29, 0.717) is 33.5 Å². The minimum atomic E-state index is -0.306. The summed E-state index contributed by atoms with van der Waals surface area (Å²) < 4.78 is 10.8. The number of methoxy groups -OCH3 is 1. The largest absolute Gasteiger partial charge is 0.495 e. The minimum Gasteiger partial charge on any atom is -0.495 e. The van der Waals surface area contributed by atoms with Crippen molar-refractivity contribution in [2.75, 3.05) is 24.4 Å². The van der Waals surface area contributed by atoms with Crippen LogP contribution in [0.2, 0.25) is 5.02 Å². The maximum absolute atomic E-state index is 12.5. The summed E-state index contributed by atoms with van der Waals surface area (Å²) in [6, 6.07) is 19.0. The van der Waals surface area contributed by atoms with Crippen molar-refractivity contribution in [3.63, 3.8) is 0 Å². The van der Waals surface area contributed by atoms with Crippen LogP contribution in [-0.4, -0.2) is 25.5 Å². The predicted molar refractivity (Wildman–Crippen MR) is 122 cm³/mol. The van der Waals surface area contributed by atoms with Gasteiger partial charge < -0.3 is 20.1 Å². The van der Waals surface area contributed by atoms with Crippen LogP contribution in [0, 0.1) is 0 Å². The molecule has 0 aromatic heterocycles. The maximum atomic E-state index is 12.5. The molecule has 0 saturated heterocycles. The summed E-state index contributed by atoms with van der Waals surface area (Å²) in [5.41, 5.74) is 2.56. The van der Waals surface area contributed by atoms with Crippen molar-refractivity contribution >= 4 is 34.8 Å². The molecule has 0 spiro atoms. The van der Waals surface area contributed by atoms with Crippen LogP contribution in [0.1, 0.15) is 22.8 Å². The molecule has 3 aromatic rings. The summed E-state index contributed by atoms with van der Waals surface area (Å²) in [5, 5.41) is 6.23. The first kappa shape index (κ1) is 22.2. The molecule has 31 heavy (non-hydrogen) atoms. The van der Waals surface area contributed by atoms with E-state index in [1.54, 1.807) is 55.6 Å². The Hall–Kier alpha value is -3.51. The molecule has 7 heteroatoms. The zero-order valence-electron chi connectivity index (χ0n) is 17.3. The van der Waals surface area contributed by atoms with E-state index in [9.17, 15) is 9.59 Å². The van der Waals surface area contributed by atoms with Gasteiger partial charge in [0.05, 0.1) is 12.8 Å². The summed E-state index contributed by atoms with van der Waals surface area (Å²) in [7, 11) is 1.54. The first-order valence-electron chi connectivity index (χ1n) is 9.75. The molecule has 0 radical (unpaired) electrons. The first-order chi connectivity index (χ1) is 15.0. The number of anilines is 2. The SMILES string of the molecule is CCc1cc(OCC(=O)Nc2ccc(C(=O)Nc3ccccc3OC)cc2)ccc1Cl. The van der Waals surface area contributed by atoms with Crippen molar-refractivity contribution in [1.82, 2.24) is 0 Å². The minimum absolute atomic E-state index is 0.138. The number of carbonyl (C=O) groups is 2. The molecule has 0 aliphatic rings. The van der Waals surface area contributed by atoms with Gasteiger partial charge in [-0.1, -0.05) is 30.7 Å². The molecule has 0 aliphatic heterocycles. The van der Waals surface area contributed by atoms with Crippen LogP contribution < -0.4 is 20.1 Å². The number of rotatable bonds is 8. The van der Waals surface area contributed by atoms with Gasteiger partial charge in [0.25, 0.3) is 11.8 Å². The second-order valence-corrected chi connectivity index (χ2v) is 7.08. The van der Waals surface area contributed by atoms with E-state index >= 15 is 0 Å². The van der Waals surface area contributed by atoms with Crippen molar-refractivity contribution in [2.45, 2.75) is 13.3 Å². The van der Waals surface area contributed by atoms with E-state index in [1.807, 2.05) is 25.1 Å². The van der Waals surface area contributed by atoms with Gasteiger partial charge in [-0.05, 0) is 66.6 Å². The highest BCUT2D eigenvalue weighted by molar-refractivity contribution is 6.31. The average molecular weight is 439 g/mol. The lowest BCUT2D eigenvalue weighted by molar-refractivity contribution is -0.118. The van der Waals surface area contributed by atoms with E-state index < -0.39 is 0 Å². The Morgan fingerprint density at radius 2 is 1.71 bits per heavy atom. The quantitative estimate of drug-likeness (QED) is 0.508. The topological polar surface area (TPSA) is 76.7 Å². The molecule has 0 aliphatic carbocycles. The van der Waals surface area contributed by atoms with Crippen molar-refractivity contribution in [3.05, 3.63) is 82.9 Å². The Balaban J connectivity index is 1.55. The third-order valence-corrected chi connectivity index (χ3v) is 4.92. The van der Waals surface area contributed by atoms with Gasteiger partial charge in [0.1, 0.15) is 11.5 Å². The summed E-state index contributed by atoms with van der Waals surface area (Å²) in [6.07, 6.45) is 0.777. The molecule has 0 atom stereocenters. The van der Waals surface area contributed by atoms with Crippen LogP contribution in [0.5, 0.6) is 11.5 Å². The van der Waals surface area contributed by atoms with E-state index in [2.05, 4.69) is 10.6 Å². The van der Waals surface area contributed by atoms with Crippen LogP contribution in [0.25, 0.3) is 0 Å². The van der Waals surface area contributed by atoms with Crippen LogP contribution in [-0.2, 0) is 11.2 Å². The molecule has 0 bridgehead atoms. The summed E-state index contributed by atoms with van der Waals surface area (Å²) >= 11 is 6.09. The predicted octanol–water partition coefficient (Wildman–Crippen LogP) is 5.18. The standard InChI is InChI=1S/C24H23ClN2O4/c1-3-16-14-19(12-13-20(16)25)31-15-23(28)26-18-10-8-17(9-11-18)24(29)27-21-6-4-5-7-22(21)30-2/h4-14H,3,15H2,1-2H3,(H,26,28)(H,27,29). The van der Waals surface area contributed by atoms with E-state index in [1.165, 1.54) is 0 Å². The number of halogens is 1. The number of aryl methyl sites for hydroxylation is 1. The normalized spacial score (nSPS) is 10.3. The van der Waals surface area contributed by atoms with Crippen molar-refractivity contribution in [2.24, 2.45) is 0 Å². The average Bonchev–Trinajstić information content (AvgIpc) is 2.79. The molecule has 0 fully saturated rings. The van der Waals surface area contributed by atoms with Crippen LogP contribution in [0.15, 0.2) is 66.7 Å². The molecular weight excluding hydrogens is 416 g/mol. The molecule has 6 nitrogen and oxygen atoms in total. The molecule has 2 N–H and O–H groups in total. The number of nitrogens with one attached hydrogen (secondary N) is 2. The van der Waals surface area contributed by atoms with E-state index in [0.717, 1.165) is 12.0 Å². The number of hydrogen-bond acceptors (Lipinski definition) is 4. The number of para-hydroxylation sites is 2. The molecule has 0 saturated carbocycles. The number of ether oxygens (including phenoxy) is 2. The lowest BCUT2D eigenvalue weighted by Gasteiger charge is -2.11. The fraction of sp³-hybridized carbons (Fsp3) is 0.167. The van der Waals surface area contributed by atoms with Crippen LogP contribution in [0.4, 0.5) is 11.4 Å².